The number of hydrogen-bond acceptors (Lipinski definition) is 4. The Kier molecular flexibility index (Phi) is 4.90. The lowest BCUT2D eigenvalue weighted by Crippen LogP contribution is -2.35. The molecule has 7 heteroatoms. The third kappa shape index (κ3) is 3.45. The van der Waals surface area contributed by atoms with Crippen molar-refractivity contribution in [3.8, 4) is 5.82 Å². The molecule has 0 aliphatic carbocycles. The van der Waals surface area contributed by atoms with Gasteiger partial charge in [-0.2, -0.15) is 5.10 Å². The fourth-order valence-electron chi connectivity index (χ4n) is 3.49. The minimum absolute atomic E-state index is 0.0692. The van der Waals surface area contributed by atoms with E-state index in [1.807, 2.05) is 41.0 Å². The van der Waals surface area contributed by atoms with Gasteiger partial charge in [0.1, 0.15) is 11.4 Å². The van der Waals surface area contributed by atoms with E-state index in [0.717, 1.165) is 45.0 Å². The van der Waals surface area contributed by atoms with Gasteiger partial charge in [0.15, 0.2) is 0 Å². The molecule has 4 heterocycles. The van der Waals surface area contributed by atoms with Crippen molar-refractivity contribution in [1.29, 1.82) is 0 Å². The van der Waals surface area contributed by atoms with Gasteiger partial charge in [-0.1, -0.05) is 6.07 Å². The van der Waals surface area contributed by atoms with E-state index in [1.165, 1.54) is 4.88 Å². The summed E-state index contributed by atoms with van der Waals surface area (Å²) in [5, 5.41) is 6.44. The molecular weight excluding hydrogens is 346 g/mol. The first-order valence-electron chi connectivity index (χ1n) is 8.92. The molecule has 4 rings (SSSR count). The predicted molar refractivity (Wildman–Crippen MR) is 103 cm³/mol. The van der Waals surface area contributed by atoms with Crippen molar-refractivity contribution in [1.82, 2.24) is 24.1 Å². The van der Waals surface area contributed by atoms with Crippen molar-refractivity contribution in [2.75, 3.05) is 26.2 Å². The highest BCUT2D eigenvalue weighted by atomic mass is 32.1. The van der Waals surface area contributed by atoms with Crippen LogP contribution < -0.4 is 0 Å². The first kappa shape index (κ1) is 17.1. The monoisotopic (exact) mass is 369 g/mol. The molecule has 3 aromatic heterocycles. The zero-order valence-corrected chi connectivity index (χ0v) is 15.7. The molecule has 26 heavy (non-hydrogen) atoms. The second kappa shape index (κ2) is 7.47. The van der Waals surface area contributed by atoms with E-state index < -0.39 is 0 Å². The predicted octanol–water partition coefficient (Wildman–Crippen LogP) is 2.62. The summed E-state index contributed by atoms with van der Waals surface area (Å²) in [6, 6.07) is 8.18. The zero-order chi connectivity index (χ0) is 17.9. The first-order valence-corrected chi connectivity index (χ1v) is 9.79. The molecule has 1 saturated heterocycles. The minimum Gasteiger partial charge on any atom is -0.337 e. The van der Waals surface area contributed by atoms with Crippen molar-refractivity contribution in [2.45, 2.75) is 13.0 Å². The average molecular weight is 369 g/mol. The van der Waals surface area contributed by atoms with E-state index in [-0.39, 0.29) is 5.91 Å². The third-order valence-electron chi connectivity index (χ3n) is 4.82. The van der Waals surface area contributed by atoms with Crippen molar-refractivity contribution < 1.29 is 4.79 Å². The molecule has 0 saturated carbocycles. The van der Waals surface area contributed by atoms with E-state index in [9.17, 15) is 4.79 Å². The summed E-state index contributed by atoms with van der Waals surface area (Å²) in [4.78, 5) is 18.9. The van der Waals surface area contributed by atoms with Crippen LogP contribution in [0, 0.1) is 0 Å². The number of aromatic nitrogens is 3. The molecule has 1 aliphatic rings. The number of hydrogen-bond donors (Lipinski definition) is 0. The zero-order valence-electron chi connectivity index (χ0n) is 14.9. The van der Waals surface area contributed by atoms with Crippen LogP contribution in [0.5, 0.6) is 0 Å². The Bertz CT molecular complexity index is 853. The van der Waals surface area contributed by atoms with Crippen molar-refractivity contribution >= 4 is 17.2 Å². The first-order chi connectivity index (χ1) is 12.7. The lowest BCUT2D eigenvalue weighted by Gasteiger charge is -2.22. The van der Waals surface area contributed by atoms with Crippen LogP contribution in [0.1, 0.15) is 21.7 Å². The maximum Gasteiger partial charge on any atom is 0.259 e. The van der Waals surface area contributed by atoms with Crippen LogP contribution >= 0.6 is 11.3 Å². The second-order valence-corrected chi connectivity index (χ2v) is 7.63. The summed E-state index contributed by atoms with van der Waals surface area (Å²) in [5.74, 6) is 0.888. The van der Waals surface area contributed by atoms with Gasteiger partial charge < -0.3 is 9.47 Å². The number of rotatable bonds is 4. The smallest absolute Gasteiger partial charge is 0.259 e. The molecule has 1 fully saturated rings. The van der Waals surface area contributed by atoms with Gasteiger partial charge in [-0.15, -0.1) is 11.3 Å². The van der Waals surface area contributed by atoms with Crippen LogP contribution in [-0.2, 0) is 13.6 Å². The van der Waals surface area contributed by atoms with Gasteiger partial charge in [0.05, 0.1) is 6.20 Å². The van der Waals surface area contributed by atoms with Gasteiger partial charge in [0.25, 0.3) is 5.91 Å². The van der Waals surface area contributed by atoms with Gasteiger partial charge in [-0.25, -0.2) is 0 Å². The number of amides is 1. The van der Waals surface area contributed by atoms with E-state index in [2.05, 4.69) is 27.5 Å². The Labute approximate surface area is 157 Å². The summed E-state index contributed by atoms with van der Waals surface area (Å²) in [6.07, 6.45) is 6.57. The van der Waals surface area contributed by atoms with Crippen LogP contribution in [0.3, 0.4) is 0 Å². The highest BCUT2D eigenvalue weighted by molar-refractivity contribution is 7.09. The highest BCUT2D eigenvalue weighted by Crippen LogP contribution is 2.18. The Morgan fingerprint density at radius 3 is 2.77 bits per heavy atom. The maximum atomic E-state index is 13.1. The van der Waals surface area contributed by atoms with Crippen LogP contribution in [0.2, 0.25) is 0 Å². The van der Waals surface area contributed by atoms with Gasteiger partial charge in [-0.3, -0.25) is 14.4 Å². The molecule has 0 atom stereocenters. The molecule has 6 nitrogen and oxygen atoms in total. The van der Waals surface area contributed by atoms with Crippen molar-refractivity contribution in [3.05, 3.63) is 58.7 Å². The molecule has 1 aliphatic heterocycles. The average Bonchev–Trinajstić information content (AvgIpc) is 3.36. The summed E-state index contributed by atoms with van der Waals surface area (Å²) < 4.78 is 3.70. The molecule has 0 radical (unpaired) electrons. The summed E-state index contributed by atoms with van der Waals surface area (Å²) in [7, 11) is 1.87. The van der Waals surface area contributed by atoms with Crippen LogP contribution in [0.4, 0.5) is 0 Å². The molecule has 0 unspecified atom stereocenters. The normalized spacial score (nSPS) is 16.0. The lowest BCUT2D eigenvalue weighted by atomic mass is 10.2. The van der Waals surface area contributed by atoms with E-state index in [1.54, 1.807) is 22.2 Å². The number of aryl methyl sites for hydroxylation is 1. The fraction of sp³-hybridized carbons (Fsp3) is 0.368. The SMILES string of the molecule is Cn1ncc(C(=O)N2CCCN(Cc3cccs3)CC2)c1-n1cccc1. The number of nitrogens with zero attached hydrogens (tertiary/aromatic N) is 5. The second-order valence-electron chi connectivity index (χ2n) is 6.60. The minimum atomic E-state index is 0.0692. The van der Waals surface area contributed by atoms with E-state index >= 15 is 0 Å². The van der Waals surface area contributed by atoms with Gasteiger partial charge in [0.2, 0.25) is 0 Å². The number of thiophene rings is 1. The fourth-order valence-corrected chi connectivity index (χ4v) is 4.24. The molecule has 136 valence electrons. The molecule has 3 aromatic rings. The molecule has 0 N–H and O–H groups in total. The Morgan fingerprint density at radius 2 is 2.00 bits per heavy atom. The molecule has 0 aromatic carbocycles. The van der Waals surface area contributed by atoms with Crippen LogP contribution in [0.15, 0.2) is 48.2 Å². The quantitative estimate of drug-likeness (QED) is 0.710. The number of carbonyl (C=O) groups excluding carboxylic acids is 1. The summed E-state index contributed by atoms with van der Waals surface area (Å²) in [6.45, 7) is 4.45. The van der Waals surface area contributed by atoms with Crippen molar-refractivity contribution in [2.24, 2.45) is 7.05 Å². The Morgan fingerprint density at radius 1 is 1.15 bits per heavy atom. The van der Waals surface area contributed by atoms with Crippen LogP contribution in [0.25, 0.3) is 5.82 Å². The molecular formula is C19H23N5OS. The lowest BCUT2D eigenvalue weighted by molar-refractivity contribution is 0.0761. The van der Waals surface area contributed by atoms with Gasteiger partial charge >= 0.3 is 0 Å². The van der Waals surface area contributed by atoms with Crippen LogP contribution in [-0.4, -0.2) is 56.2 Å². The molecule has 0 spiro atoms. The highest BCUT2D eigenvalue weighted by Gasteiger charge is 2.25. The number of carbonyl (C=O) groups is 1. The summed E-state index contributed by atoms with van der Waals surface area (Å²) >= 11 is 1.79. The standard InChI is InChI=1S/C19H23N5OS/c1-21-18(23-8-2-3-9-23)17(14-20-21)19(25)24-10-5-7-22(11-12-24)15-16-6-4-13-26-16/h2-4,6,8-9,13-14H,5,7,10-12,15H2,1H3. The van der Waals surface area contributed by atoms with Crippen molar-refractivity contribution in [3.63, 3.8) is 0 Å². The molecule has 0 bridgehead atoms. The van der Waals surface area contributed by atoms with E-state index in [4.69, 9.17) is 0 Å². The van der Waals surface area contributed by atoms with E-state index in [0.29, 0.717) is 5.56 Å². The Hall–Kier alpha value is -2.38. The third-order valence-corrected chi connectivity index (χ3v) is 5.68. The Balaban J connectivity index is 1.47. The largest absolute Gasteiger partial charge is 0.337 e. The van der Waals surface area contributed by atoms with Gasteiger partial charge in [0, 0.05) is 57.0 Å². The van der Waals surface area contributed by atoms with Gasteiger partial charge in [-0.05, 0) is 30.0 Å². The summed E-state index contributed by atoms with van der Waals surface area (Å²) in [5.41, 5.74) is 0.662. The molecule has 1 amide bonds. The maximum absolute atomic E-state index is 13.1. The topological polar surface area (TPSA) is 46.3 Å².